The van der Waals surface area contributed by atoms with E-state index in [1.165, 1.54) is 0 Å². The Morgan fingerprint density at radius 1 is 0.500 bits per heavy atom. The van der Waals surface area contributed by atoms with E-state index in [-0.39, 0.29) is 0 Å². The van der Waals surface area contributed by atoms with Crippen LogP contribution < -0.4 is 5.73 Å². The van der Waals surface area contributed by atoms with Gasteiger partial charge in [0.25, 0.3) is 0 Å². The van der Waals surface area contributed by atoms with E-state index in [4.69, 9.17) is 5.73 Å². The summed E-state index contributed by atoms with van der Waals surface area (Å²) in [4.78, 5) is 0. The average molecular weight is 361 g/mol. The zero-order valence-corrected chi connectivity index (χ0v) is 15.8. The summed E-state index contributed by atoms with van der Waals surface area (Å²) in [6.07, 6.45) is 0. The molecule has 0 bridgehead atoms. The SMILES string of the molecule is C=C(c1ccccc1)c1ccc(C(N)(c2ccccc2)c2ccccc2)cc1. The highest BCUT2D eigenvalue weighted by Gasteiger charge is 2.31. The van der Waals surface area contributed by atoms with Crippen molar-refractivity contribution in [2.45, 2.75) is 5.54 Å². The van der Waals surface area contributed by atoms with Crippen LogP contribution in [0.5, 0.6) is 0 Å². The van der Waals surface area contributed by atoms with Gasteiger partial charge >= 0.3 is 0 Å². The van der Waals surface area contributed by atoms with Gasteiger partial charge in [-0.3, -0.25) is 0 Å². The fourth-order valence-electron chi connectivity index (χ4n) is 3.64. The summed E-state index contributed by atoms with van der Waals surface area (Å²) in [5.41, 5.74) is 12.8. The number of nitrogens with two attached hydrogens (primary N) is 1. The maximum absolute atomic E-state index is 7.08. The summed E-state index contributed by atoms with van der Waals surface area (Å²) in [6.45, 7) is 4.27. The van der Waals surface area contributed by atoms with Crippen LogP contribution in [0.4, 0.5) is 0 Å². The molecule has 0 saturated carbocycles. The Kier molecular flexibility index (Phi) is 4.92. The second-order valence-electron chi connectivity index (χ2n) is 6.96. The number of hydrogen-bond acceptors (Lipinski definition) is 1. The van der Waals surface area contributed by atoms with Gasteiger partial charge in [0.1, 0.15) is 0 Å². The van der Waals surface area contributed by atoms with E-state index >= 15 is 0 Å². The summed E-state index contributed by atoms with van der Waals surface area (Å²) in [5, 5.41) is 0. The topological polar surface area (TPSA) is 26.0 Å². The molecule has 4 aromatic carbocycles. The highest BCUT2D eigenvalue weighted by atomic mass is 14.7. The molecule has 0 aromatic heterocycles. The Bertz CT molecular complexity index is 1010. The molecule has 0 amide bonds. The summed E-state index contributed by atoms with van der Waals surface area (Å²) >= 11 is 0. The van der Waals surface area contributed by atoms with Crippen molar-refractivity contribution in [1.29, 1.82) is 0 Å². The highest BCUT2D eigenvalue weighted by Crippen LogP contribution is 2.35. The molecule has 4 aromatic rings. The lowest BCUT2D eigenvalue weighted by molar-refractivity contribution is 0.653. The normalized spacial score (nSPS) is 11.2. The monoisotopic (exact) mass is 361 g/mol. The van der Waals surface area contributed by atoms with E-state index < -0.39 is 5.54 Å². The molecule has 0 atom stereocenters. The van der Waals surface area contributed by atoms with Gasteiger partial charge in [-0.2, -0.15) is 0 Å². The molecule has 0 unspecified atom stereocenters. The molecular weight excluding hydrogens is 338 g/mol. The maximum atomic E-state index is 7.08. The van der Waals surface area contributed by atoms with Crippen LogP contribution in [-0.2, 0) is 5.54 Å². The molecule has 0 radical (unpaired) electrons. The van der Waals surface area contributed by atoms with Crippen molar-refractivity contribution >= 4 is 5.57 Å². The standard InChI is InChI=1S/C27H23N/c1-21(22-11-5-2-6-12-22)23-17-19-26(20-18-23)27(28,24-13-7-3-8-14-24)25-15-9-4-10-16-25/h2-20H,1,28H2. The third-order valence-corrected chi connectivity index (χ3v) is 5.27. The molecule has 0 heterocycles. The van der Waals surface area contributed by atoms with Crippen LogP contribution >= 0.6 is 0 Å². The van der Waals surface area contributed by atoms with Crippen molar-refractivity contribution in [3.63, 3.8) is 0 Å². The smallest absolute Gasteiger partial charge is 0.0922 e. The van der Waals surface area contributed by atoms with Gasteiger partial charge in [0.15, 0.2) is 0 Å². The lowest BCUT2D eigenvalue weighted by atomic mass is 9.77. The average Bonchev–Trinajstić information content (AvgIpc) is 2.80. The van der Waals surface area contributed by atoms with Crippen LogP contribution in [0.1, 0.15) is 27.8 Å². The number of hydrogen-bond donors (Lipinski definition) is 1. The molecule has 0 aliphatic heterocycles. The first-order chi connectivity index (χ1) is 13.7. The largest absolute Gasteiger partial charge is 0.314 e. The minimum atomic E-state index is -0.713. The second-order valence-corrected chi connectivity index (χ2v) is 6.96. The van der Waals surface area contributed by atoms with Crippen molar-refractivity contribution in [3.8, 4) is 0 Å². The molecule has 0 saturated heterocycles. The first kappa shape index (κ1) is 18.0. The molecule has 0 fully saturated rings. The first-order valence-corrected chi connectivity index (χ1v) is 9.45. The Morgan fingerprint density at radius 2 is 0.857 bits per heavy atom. The third kappa shape index (κ3) is 3.28. The zero-order valence-electron chi connectivity index (χ0n) is 15.8. The fraction of sp³-hybridized carbons (Fsp3) is 0.0370. The Morgan fingerprint density at radius 3 is 1.32 bits per heavy atom. The molecule has 28 heavy (non-hydrogen) atoms. The van der Waals surface area contributed by atoms with Crippen molar-refractivity contribution in [2.24, 2.45) is 5.73 Å². The highest BCUT2D eigenvalue weighted by molar-refractivity contribution is 5.78. The summed E-state index contributed by atoms with van der Waals surface area (Å²) < 4.78 is 0. The van der Waals surface area contributed by atoms with Crippen molar-refractivity contribution in [2.75, 3.05) is 0 Å². The number of benzene rings is 4. The summed E-state index contributed by atoms with van der Waals surface area (Å²) in [5.74, 6) is 0. The fourth-order valence-corrected chi connectivity index (χ4v) is 3.64. The molecule has 0 aliphatic rings. The third-order valence-electron chi connectivity index (χ3n) is 5.27. The second kappa shape index (κ2) is 7.67. The van der Waals surface area contributed by atoms with Gasteiger partial charge in [-0.1, -0.05) is 122 Å². The van der Waals surface area contributed by atoms with Crippen molar-refractivity contribution in [1.82, 2.24) is 0 Å². The van der Waals surface area contributed by atoms with Crippen LogP contribution in [-0.4, -0.2) is 0 Å². The van der Waals surface area contributed by atoms with Gasteiger partial charge in [-0.25, -0.2) is 0 Å². The van der Waals surface area contributed by atoms with Crippen molar-refractivity contribution in [3.05, 3.63) is 150 Å². The predicted molar refractivity (Wildman–Crippen MR) is 118 cm³/mol. The van der Waals surface area contributed by atoms with E-state index in [9.17, 15) is 0 Å². The van der Waals surface area contributed by atoms with Gasteiger partial charge in [-0.15, -0.1) is 0 Å². The molecule has 4 rings (SSSR count). The Labute approximate surface area is 166 Å². The van der Waals surface area contributed by atoms with E-state index in [2.05, 4.69) is 67.2 Å². The Balaban J connectivity index is 1.77. The Hall–Kier alpha value is -3.42. The first-order valence-electron chi connectivity index (χ1n) is 9.45. The van der Waals surface area contributed by atoms with Crippen LogP contribution in [0, 0.1) is 0 Å². The van der Waals surface area contributed by atoms with E-state index in [0.29, 0.717) is 0 Å². The van der Waals surface area contributed by atoms with E-state index in [0.717, 1.165) is 33.4 Å². The van der Waals surface area contributed by atoms with E-state index in [1.54, 1.807) is 0 Å². The van der Waals surface area contributed by atoms with E-state index in [1.807, 2.05) is 54.6 Å². The quantitative estimate of drug-likeness (QED) is 0.434. The summed E-state index contributed by atoms with van der Waals surface area (Å²) in [6, 6.07) is 39.2. The lowest BCUT2D eigenvalue weighted by Crippen LogP contribution is -2.39. The molecule has 136 valence electrons. The predicted octanol–water partition coefficient (Wildman–Crippen LogP) is 6.00. The van der Waals surface area contributed by atoms with Gasteiger partial charge < -0.3 is 5.73 Å². The lowest BCUT2D eigenvalue weighted by Gasteiger charge is -2.31. The molecular formula is C27H23N. The van der Waals surface area contributed by atoms with Crippen LogP contribution in [0.25, 0.3) is 5.57 Å². The van der Waals surface area contributed by atoms with Crippen molar-refractivity contribution < 1.29 is 0 Å². The van der Waals surface area contributed by atoms with Gasteiger partial charge in [0, 0.05) is 0 Å². The summed E-state index contributed by atoms with van der Waals surface area (Å²) in [7, 11) is 0. The number of rotatable bonds is 5. The molecule has 2 N–H and O–H groups in total. The van der Waals surface area contributed by atoms with Crippen LogP contribution in [0.15, 0.2) is 122 Å². The minimum Gasteiger partial charge on any atom is -0.314 e. The van der Waals surface area contributed by atoms with Gasteiger partial charge in [0.2, 0.25) is 0 Å². The van der Waals surface area contributed by atoms with Gasteiger partial charge in [-0.05, 0) is 33.4 Å². The zero-order chi connectivity index (χ0) is 19.4. The van der Waals surface area contributed by atoms with Crippen LogP contribution in [0.2, 0.25) is 0 Å². The molecule has 0 aliphatic carbocycles. The van der Waals surface area contributed by atoms with Crippen LogP contribution in [0.3, 0.4) is 0 Å². The molecule has 0 spiro atoms. The minimum absolute atomic E-state index is 0.713. The maximum Gasteiger partial charge on any atom is 0.0922 e. The molecule has 1 heteroatoms. The molecule has 1 nitrogen and oxygen atoms in total. The van der Waals surface area contributed by atoms with Gasteiger partial charge in [0.05, 0.1) is 5.54 Å².